The maximum atomic E-state index is 14.1. The average Bonchev–Trinajstić information content (AvgIpc) is 2.77. The summed E-state index contributed by atoms with van der Waals surface area (Å²) >= 11 is 5.84. The lowest BCUT2D eigenvalue weighted by Crippen LogP contribution is -2.72. The third kappa shape index (κ3) is 5.07. The van der Waals surface area contributed by atoms with E-state index in [4.69, 9.17) is 21.1 Å². The quantitative estimate of drug-likeness (QED) is 0.459. The van der Waals surface area contributed by atoms with Crippen LogP contribution in [0.4, 0.5) is 18.0 Å². The Hall–Kier alpha value is -2.98. The molecule has 3 N–H and O–H groups in total. The van der Waals surface area contributed by atoms with Crippen LogP contribution >= 0.6 is 11.6 Å². The molecule has 0 unspecified atom stereocenters. The Bertz CT molecular complexity index is 1050. The molecule has 3 rings (SSSR count). The molecule has 34 heavy (non-hydrogen) atoms. The molecule has 0 bridgehead atoms. The number of ketones is 1. The summed E-state index contributed by atoms with van der Waals surface area (Å²) in [4.78, 5) is 25.5. The fourth-order valence-corrected chi connectivity index (χ4v) is 3.85. The maximum absolute atomic E-state index is 14.1. The number of rotatable bonds is 8. The number of alkyl halides is 3. The molecule has 2 aromatic carbocycles. The largest absolute Gasteiger partial charge is 0.490 e. The molecule has 0 aliphatic carbocycles. The van der Waals surface area contributed by atoms with Crippen molar-refractivity contribution in [3.8, 4) is 11.5 Å². The van der Waals surface area contributed by atoms with Crippen LogP contribution in [0, 0.1) is 5.92 Å². The van der Waals surface area contributed by atoms with E-state index in [1.807, 2.05) is 6.92 Å². The Labute approximate surface area is 199 Å². The van der Waals surface area contributed by atoms with E-state index >= 15 is 0 Å². The Morgan fingerprint density at radius 3 is 2.38 bits per heavy atom. The molecule has 1 aliphatic rings. The number of amides is 2. The summed E-state index contributed by atoms with van der Waals surface area (Å²) in [6, 6.07) is 6.67. The van der Waals surface area contributed by atoms with Crippen LogP contribution in [0.1, 0.15) is 42.2 Å². The Balaban J connectivity index is 2.14. The van der Waals surface area contributed by atoms with Gasteiger partial charge in [0.2, 0.25) is 5.72 Å². The molecule has 0 radical (unpaired) electrons. The third-order valence-electron chi connectivity index (χ3n) is 5.31. The van der Waals surface area contributed by atoms with E-state index in [0.29, 0.717) is 18.8 Å². The smallest absolute Gasteiger partial charge is 0.437 e. The second-order valence-electron chi connectivity index (χ2n) is 7.68. The molecule has 1 saturated heterocycles. The van der Waals surface area contributed by atoms with E-state index < -0.39 is 35.7 Å². The predicted octanol–water partition coefficient (Wildman–Crippen LogP) is 4.63. The number of carbonyl (C=O) groups is 2. The number of carbonyl (C=O) groups excluding carboxylic acids is 2. The van der Waals surface area contributed by atoms with E-state index in [9.17, 15) is 27.9 Å². The number of hydrogen-bond donors (Lipinski definition) is 3. The molecule has 0 saturated carbocycles. The highest BCUT2D eigenvalue weighted by molar-refractivity contribution is 6.30. The van der Waals surface area contributed by atoms with Gasteiger partial charge in [-0.3, -0.25) is 4.79 Å². The second-order valence-corrected chi connectivity index (χ2v) is 8.11. The number of nitrogens with one attached hydrogen (secondary N) is 2. The van der Waals surface area contributed by atoms with Crippen LogP contribution in [-0.2, 0) is 0 Å². The molecule has 0 aromatic heterocycles. The van der Waals surface area contributed by atoms with Gasteiger partial charge in [-0.05, 0) is 55.3 Å². The number of urea groups is 1. The molecule has 1 aliphatic heterocycles. The van der Waals surface area contributed by atoms with Gasteiger partial charge in [0.15, 0.2) is 17.3 Å². The predicted molar refractivity (Wildman–Crippen MR) is 118 cm³/mol. The van der Waals surface area contributed by atoms with Crippen molar-refractivity contribution in [1.29, 1.82) is 0 Å². The van der Waals surface area contributed by atoms with Gasteiger partial charge < -0.3 is 25.2 Å². The summed E-state index contributed by atoms with van der Waals surface area (Å²) in [6.07, 6.45) is -4.64. The Morgan fingerprint density at radius 1 is 1.12 bits per heavy atom. The first-order valence-corrected chi connectivity index (χ1v) is 11.0. The summed E-state index contributed by atoms with van der Waals surface area (Å²) in [5.41, 5.74) is -3.83. The molecule has 184 valence electrons. The van der Waals surface area contributed by atoms with Crippen LogP contribution < -0.4 is 20.1 Å². The van der Waals surface area contributed by atoms with E-state index in [1.54, 1.807) is 6.92 Å². The topological polar surface area (TPSA) is 96.9 Å². The van der Waals surface area contributed by atoms with Gasteiger partial charge >= 0.3 is 12.2 Å². The lowest BCUT2D eigenvalue weighted by molar-refractivity contribution is -0.287. The van der Waals surface area contributed by atoms with Crippen molar-refractivity contribution in [3.63, 3.8) is 0 Å². The van der Waals surface area contributed by atoms with Gasteiger partial charge in [-0.25, -0.2) is 4.79 Å². The first-order chi connectivity index (χ1) is 16.0. The molecule has 1 fully saturated rings. The maximum Gasteiger partial charge on any atom is 0.437 e. The average molecular weight is 501 g/mol. The zero-order chi connectivity index (χ0) is 25.1. The summed E-state index contributed by atoms with van der Waals surface area (Å²) < 4.78 is 53.4. The SMILES string of the molecule is CCCOc1ccc([C@@H]2NC(=O)N[C@](O)(C(F)(F)F)[C@@H]2C(=O)c2ccc(Cl)cc2)cc1OCC. The van der Waals surface area contributed by atoms with Gasteiger partial charge in [-0.2, -0.15) is 13.2 Å². The van der Waals surface area contributed by atoms with Crippen molar-refractivity contribution in [2.75, 3.05) is 13.2 Å². The highest BCUT2D eigenvalue weighted by atomic mass is 35.5. The number of benzene rings is 2. The summed E-state index contributed by atoms with van der Waals surface area (Å²) in [7, 11) is 0. The minimum atomic E-state index is -5.36. The molecule has 11 heteroatoms. The van der Waals surface area contributed by atoms with Gasteiger partial charge in [0.25, 0.3) is 0 Å². The summed E-state index contributed by atoms with van der Waals surface area (Å²) in [5, 5.41) is 14.8. The van der Waals surface area contributed by atoms with Crippen LogP contribution in [0.2, 0.25) is 5.02 Å². The van der Waals surface area contributed by atoms with Crippen LogP contribution in [-0.4, -0.2) is 42.0 Å². The minimum absolute atomic E-state index is 0.118. The number of hydrogen-bond acceptors (Lipinski definition) is 5. The zero-order valence-electron chi connectivity index (χ0n) is 18.4. The third-order valence-corrected chi connectivity index (χ3v) is 5.56. The fraction of sp³-hybridized carbons (Fsp3) is 0.391. The van der Waals surface area contributed by atoms with Crippen LogP contribution in [0.25, 0.3) is 0 Å². The molecule has 2 aromatic rings. The normalized spacial score (nSPS) is 22.5. The second kappa shape index (κ2) is 10.1. The molecule has 1 heterocycles. The number of Topliss-reactive ketones (excluding diaryl/α,β-unsaturated/α-hetero) is 1. The number of aliphatic hydroxyl groups is 1. The van der Waals surface area contributed by atoms with Gasteiger partial charge in [0, 0.05) is 10.6 Å². The molecule has 7 nitrogen and oxygen atoms in total. The van der Waals surface area contributed by atoms with Crippen LogP contribution in [0.5, 0.6) is 11.5 Å². The molecular weight excluding hydrogens is 477 g/mol. The van der Waals surface area contributed by atoms with Crippen molar-refractivity contribution in [2.45, 2.75) is 38.2 Å². The zero-order valence-corrected chi connectivity index (χ0v) is 19.2. The van der Waals surface area contributed by atoms with Crippen molar-refractivity contribution >= 4 is 23.4 Å². The van der Waals surface area contributed by atoms with Gasteiger partial charge in [-0.15, -0.1) is 0 Å². The summed E-state index contributed by atoms with van der Waals surface area (Å²) in [5.74, 6) is -2.62. The highest BCUT2D eigenvalue weighted by Crippen LogP contribution is 2.45. The molecule has 3 atom stereocenters. The lowest BCUT2D eigenvalue weighted by atomic mass is 9.77. The molecule has 0 spiro atoms. The first kappa shape index (κ1) is 25.6. The van der Waals surface area contributed by atoms with Crippen molar-refractivity contribution < 1.29 is 37.3 Å². The van der Waals surface area contributed by atoms with Crippen molar-refractivity contribution in [3.05, 3.63) is 58.6 Å². The van der Waals surface area contributed by atoms with Gasteiger partial charge in [-0.1, -0.05) is 24.6 Å². The van der Waals surface area contributed by atoms with Gasteiger partial charge in [0.05, 0.1) is 19.3 Å². The first-order valence-electron chi connectivity index (χ1n) is 10.6. The monoisotopic (exact) mass is 500 g/mol. The van der Waals surface area contributed by atoms with Crippen molar-refractivity contribution in [1.82, 2.24) is 10.6 Å². The fourth-order valence-electron chi connectivity index (χ4n) is 3.73. The highest BCUT2D eigenvalue weighted by Gasteiger charge is 2.66. The van der Waals surface area contributed by atoms with Crippen LogP contribution in [0.3, 0.4) is 0 Å². The van der Waals surface area contributed by atoms with Crippen molar-refractivity contribution in [2.24, 2.45) is 5.92 Å². The van der Waals surface area contributed by atoms with Gasteiger partial charge in [0.1, 0.15) is 5.92 Å². The summed E-state index contributed by atoms with van der Waals surface area (Å²) in [6.45, 7) is 4.25. The Kier molecular flexibility index (Phi) is 7.62. The molecular formula is C23H24ClF3N2O5. The Morgan fingerprint density at radius 2 is 1.79 bits per heavy atom. The van der Waals surface area contributed by atoms with E-state index in [2.05, 4.69) is 5.32 Å². The standard InChI is InChI=1S/C23H24ClF3N2O5/c1-3-11-34-16-10-7-14(12-17(16)33-4-2)19-18(20(30)13-5-8-15(24)9-6-13)22(32,23(25,26)27)29-21(31)28-19/h5-10,12,18-19,32H,3-4,11H2,1-2H3,(H2,28,29,31)/t18-,19-,22+/m0/s1. The van der Waals surface area contributed by atoms with Crippen LogP contribution in [0.15, 0.2) is 42.5 Å². The van der Waals surface area contributed by atoms with E-state index in [1.165, 1.54) is 47.8 Å². The number of ether oxygens (including phenoxy) is 2. The molecule has 2 amide bonds. The van der Waals surface area contributed by atoms with E-state index in [0.717, 1.165) is 0 Å². The lowest BCUT2D eigenvalue weighted by Gasteiger charge is -2.45. The number of halogens is 4. The van der Waals surface area contributed by atoms with E-state index in [-0.39, 0.29) is 28.5 Å². The minimum Gasteiger partial charge on any atom is -0.490 e.